The van der Waals surface area contributed by atoms with Crippen LogP contribution in [-0.2, 0) is 16.5 Å². The van der Waals surface area contributed by atoms with Crippen molar-refractivity contribution in [2.75, 3.05) is 26.3 Å². The molecule has 1 saturated heterocycles. The van der Waals surface area contributed by atoms with E-state index in [9.17, 15) is 4.79 Å². The maximum absolute atomic E-state index is 12.4. The van der Waals surface area contributed by atoms with E-state index in [1.54, 1.807) is 4.57 Å². The third kappa shape index (κ3) is 8.65. The Balaban J connectivity index is 1.40. The van der Waals surface area contributed by atoms with Crippen molar-refractivity contribution < 1.29 is 9.47 Å². The molecular formula is C34H49N3O3. The lowest BCUT2D eigenvalue weighted by atomic mass is 9.92. The number of hydrogen-bond donors (Lipinski definition) is 1. The van der Waals surface area contributed by atoms with Crippen LogP contribution in [0.15, 0.2) is 52.6 Å². The number of pyridine rings is 1. The minimum Gasteiger partial charge on any atom is -0.494 e. The highest BCUT2D eigenvalue weighted by Crippen LogP contribution is 2.28. The minimum atomic E-state index is 0.0437. The van der Waals surface area contributed by atoms with Gasteiger partial charge in [0.1, 0.15) is 5.76 Å². The van der Waals surface area contributed by atoms with Crippen LogP contribution in [0.4, 0.5) is 5.69 Å². The number of nitrogens with one attached hydrogen (secondary N) is 1. The second kappa shape index (κ2) is 14.8. The molecule has 0 amide bonds. The first-order valence-corrected chi connectivity index (χ1v) is 15.3. The number of aryl methyl sites for hydroxylation is 3. The Labute approximate surface area is 240 Å². The Bertz CT molecular complexity index is 1190. The van der Waals surface area contributed by atoms with Gasteiger partial charge in [-0.05, 0) is 113 Å². The van der Waals surface area contributed by atoms with Gasteiger partial charge in [0.2, 0.25) is 0 Å². The van der Waals surface area contributed by atoms with Crippen molar-refractivity contribution >= 4 is 11.4 Å². The molecule has 1 N–H and O–H groups in total. The molecule has 1 aliphatic heterocycles. The number of aromatic nitrogens is 1. The molecule has 1 atom stereocenters. The average Bonchev–Trinajstić information content (AvgIpc) is 3.46. The van der Waals surface area contributed by atoms with Gasteiger partial charge in [0, 0.05) is 43.3 Å². The molecule has 1 saturated carbocycles. The van der Waals surface area contributed by atoms with Crippen LogP contribution in [0.25, 0.3) is 0 Å². The summed E-state index contributed by atoms with van der Waals surface area (Å²) >= 11 is 0. The van der Waals surface area contributed by atoms with Crippen molar-refractivity contribution in [3.05, 3.63) is 75.4 Å². The third-order valence-electron chi connectivity index (χ3n) is 8.58. The number of nitrogens with zero attached hydrogens (tertiary/aromatic N) is 2. The number of rotatable bonds is 13. The molecule has 4 rings (SSSR count). The highest BCUT2D eigenvalue weighted by Gasteiger charge is 2.18. The molecule has 1 aromatic carbocycles. The van der Waals surface area contributed by atoms with Crippen LogP contribution in [0.2, 0.25) is 0 Å². The zero-order valence-electron chi connectivity index (χ0n) is 25.1. The fourth-order valence-corrected chi connectivity index (χ4v) is 5.93. The molecule has 218 valence electrons. The lowest BCUT2D eigenvalue weighted by Crippen LogP contribution is -2.22. The molecule has 2 aromatic rings. The van der Waals surface area contributed by atoms with E-state index in [-0.39, 0.29) is 5.56 Å². The van der Waals surface area contributed by atoms with Gasteiger partial charge in [-0.1, -0.05) is 25.6 Å². The van der Waals surface area contributed by atoms with Crippen molar-refractivity contribution in [1.82, 2.24) is 9.88 Å². The van der Waals surface area contributed by atoms with E-state index < -0.39 is 0 Å². The van der Waals surface area contributed by atoms with E-state index in [0.29, 0.717) is 17.9 Å². The largest absolute Gasteiger partial charge is 0.494 e. The molecule has 2 aliphatic rings. The lowest BCUT2D eigenvalue weighted by Gasteiger charge is -2.22. The minimum absolute atomic E-state index is 0.0437. The first kappa shape index (κ1) is 30.3. The average molecular weight is 548 g/mol. The summed E-state index contributed by atoms with van der Waals surface area (Å²) in [6, 6.07) is 8.67. The highest BCUT2D eigenvalue weighted by molar-refractivity contribution is 6.02. The Morgan fingerprint density at radius 2 is 1.90 bits per heavy atom. The highest BCUT2D eigenvalue weighted by atomic mass is 16.5. The molecule has 1 aromatic heterocycles. The first-order chi connectivity index (χ1) is 19.3. The second-order valence-corrected chi connectivity index (χ2v) is 12.0. The van der Waals surface area contributed by atoms with Gasteiger partial charge in [0.25, 0.3) is 5.56 Å². The SMILES string of the molecule is C=C(CNCCC(C)c1ccc(N=C(CCC2CCOCC2)c2cc(C)c(=O)n(C)c2)c(C)c1)OC1CCCC1. The molecule has 0 radical (unpaired) electrons. The van der Waals surface area contributed by atoms with E-state index in [1.165, 1.54) is 24.0 Å². The van der Waals surface area contributed by atoms with Crippen LogP contribution in [0.3, 0.4) is 0 Å². The van der Waals surface area contributed by atoms with Crippen LogP contribution in [-0.4, -0.2) is 42.7 Å². The summed E-state index contributed by atoms with van der Waals surface area (Å²) < 4.78 is 13.2. The van der Waals surface area contributed by atoms with Gasteiger partial charge >= 0.3 is 0 Å². The van der Waals surface area contributed by atoms with Crippen molar-refractivity contribution in [1.29, 1.82) is 0 Å². The zero-order valence-corrected chi connectivity index (χ0v) is 25.1. The van der Waals surface area contributed by atoms with Gasteiger partial charge in [-0.3, -0.25) is 9.79 Å². The van der Waals surface area contributed by atoms with Crippen molar-refractivity contribution in [3.63, 3.8) is 0 Å². The van der Waals surface area contributed by atoms with Gasteiger partial charge in [0.05, 0.1) is 18.3 Å². The normalized spacial score (nSPS) is 17.8. The molecule has 40 heavy (non-hydrogen) atoms. The summed E-state index contributed by atoms with van der Waals surface area (Å²) in [7, 11) is 1.82. The molecule has 6 nitrogen and oxygen atoms in total. The smallest absolute Gasteiger partial charge is 0.253 e. The number of hydrogen-bond acceptors (Lipinski definition) is 5. The molecule has 1 unspecified atom stereocenters. The summed E-state index contributed by atoms with van der Waals surface area (Å²) in [5.41, 5.74) is 6.40. The van der Waals surface area contributed by atoms with Crippen molar-refractivity contribution in [2.24, 2.45) is 18.0 Å². The molecule has 0 spiro atoms. The summed E-state index contributed by atoms with van der Waals surface area (Å²) in [6.07, 6.45) is 12.4. The number of benzene rings is 1. The van der Waals surface area contributed by atoms with E-state index >= 15 is 0 Å². The molecule has 2 heterocycles. The van der Waals surface area contributed by atoms with Crippen molar-refractivity contribution in [2.45, 2.75) is 90.6 Å². The Morgan fingerprint density at radius 1 is 1.15 bits per heavy atom. The van der Waals surface area contributed by atoms with Crippen LogP contribution in [0.1, 0.15) is 92.9 Å². The third-order valence-corrected chi connectivity index (χ3v) is 8.58. The number of ether oxygens (including phenoxy) is 2. The van der Waals surface area contributed by atoms with Gasteiger partial charge < -0.3 is 19.4 Å². The lowest BCUT2D eigenvalue weighted by molar-refractivity contribution is 0.0645. The van der Waals surface area contributed by atoms with Gasteiger partial charge in [-0.15, -0.1) is 0 Å². The topological polar surface area (TPSA) is 64.9 Å². The quantitative estimate of drug-likeness (QED) is 0.169. The van der Waals surface area contributed by atoms with Gasteiger partial charge in [-0.25, -0.2) is 0 Å². The first-order valence-electron chi connectivity index (χ1n) is 15.3. The fourth-order valence-electron chi connectivity index (χ4n) is 5.93. The second-order valence-electron chi connectivity index (χ2n) is 12.0. The zero-order chi connectivity index (χ0) is 28.5. The molecule has 2 fully saturated rings. The van der Waals surface area contributed by atoms with E-state index in [0.717, 1.165) is 99.5 Å². The van der Waals surface area contributed by atoms with Gasteiger partial charge in [-0.2, -0.15) is 0 Å². The predicted octanol–water partition coefficient (Wildman–Crippen LogP) is 6.89. The van der Waals surface area contributed by atoms with E-state index in [2.05, 4.69) is 43.9 Å². The van der Waals surface area contributed by atoms with Crippen molar-refractivity contribution in [3.8, 4) is 0 Å². The van der Waals surface area contributed by atoms with Crippen LogP contribution in [0.5, 0.6) is 0 Å². The van der Waals surface area contributed by atoms with E-state index in [1.807, 2.05) is 26.2 Å². The monoisotopic (exact) mass is 547 g/mol. The van der Waals surface area contributed by atoms with Crippen LogP contribution >= 0.6 is 0 Å². The van der Waals surface area contributed by atoms with E-state index in [4.69, 9.17) is 14.5 Å². The van der Waals surface area contributed by atoms with Crippen LogP contribution in [0, 0.1) is 19.8 Å². The molecular weight excluding hydrogens is 498 g/mol. The number of aliphatic imine (C=N–C) groups is 1. The van der Waals surface area contributed by atoms with Gasteiger partial charge in [0.15, 0.2) is 0 Å². The van der Waals surface area contributed by atoms with Crippen LogP contribution < -0.4 is 10.9 Å². The Kier molecular flexibility index (Phi) is 11.2. The summed E-state index contributed by atoms with van der Waals surface area (Å²) in [5, 5.41) is 3.51. The Morgan fingerprint density at radius 3 is 2.60 bits per heavy atom. The maximum atomic E-state index is 12.4. The maximum Gasteiger partial charge on any atom is 0.253 e. The summed E-state index contributed by atoms with van der Waals surface area (Å²) in [4.78, 5) is 17.5. The summed E-state index contributed by atoms with van der Waals surface area (Å²) in [6.45, 7) is 13.8. The molecule has 1 aliphatic carbocycles. The fraction of sp³-hybridized carbons (Fsp3) is 0.588. The predicted molar refractivity (Wildman–Crippen MR) is 165 cm³/mol. The summed E-state index contributed by atoms with van der Waals surface area (Å²) in [5.74, 6) is 1.96. The molecule has 6 heteroatoms. The Hall–Kier alpha value is -2.70. The standard InChI is InChI=1S/C34H49N3O3/c1-24(14-17-35-22-27(4)40-31-8-6-7-9-31)29-11-13-32(25(2)20-29)36-33(12-10-28-15-18-39-19-16-28)30-21-26(3)34(38)37(5)23-30/h11,13,20-21,23-24,28,31,35H,4,6-10,12,14-19,22H2,1-3,5H3. The molecule has 0 bridgehead atoms.